The maximum absolute atomic E-state index is 12.8. The summed E-state index contributed by atoms with van der Waals surface area (Å²) >= 11 is 0. The number of esters is 2. The molecule has 0 saturated carbocycles. The fourth-order valence-electron chi connectivity index (χ4n) is 7.23. The van der Waals surface area contributed by atoms with Crippen LogP contribution < -0.4 is 0 Å². The lowest BCUT2D eigenvalue weighted by Gasteiger charge is -2.40. The molecule has 1 aliphatic rings. The molecule has 0 aromatic carbocycles. The summed E-state index contributed by atoms with van der Waals surface area (Å²) in [5, 5.41) is 30.9. The number of allylic oxidation sites excluding steroid dienone is 2. The van der Waals surface area contributed by atoms with Gasteiger partial charge >= 0.3 is 11.9 Å². The van der Waals surface area contributed by atoms with E-state index in [2.05, 4.69) is 13.2 Å². The Labute approximate surface area is 351 Å². The Bertz CT molecular complexity index is 1150. The van der Waals surface area contributed by atoms with Gasteiger partial charge in [-0.05, 0) is 38.5 Å². The highest BCUT2D eigenvalue weighted by atomic mass is 32.2. The van der Waals surface area contributed by atoms with Crippen molar-refractivity contribution in [3.05, 3.63) is 25.3 Å². The number of hydrogen-bond acceptors (Lipinski definition) is 11. The minimum atomic E-state index is -4.60. The highest BCUT2D eigenvalue weighted by Crippen LogP contribution is 2.24. The van der Waals surface area contributed by atoms with Crippen LogP contribution in [0.1, 0.15) is 193 Å². The van der Waals surface area contributed by atoms with Gasteiger partial charge in [-0.3, -0.25) is 14.1 Å². The van der Waals surface area contributed by atoms with E-state index in [1.807, 2.05) is 12.2 Å². The third kappa shape index (κ3) is 30.2. The fraction of sp³-hybridized carbons (Fsp3) is 0.867. The van der Waals surface area contributed by atoms with Crippen molar-refractivity contribution >= 4 is 22.1 Å². The Morgan fingerprint density at radius 1 is 0.552 bits per heavy atom. The number of aliphatic hydroxyl groups excluding tert-OH is 3. The number of aliphatic hydroxyl groups is 3. The van der Waals surface area contributed by atoms with E-state index in [0.717, 1.165) is 51.4 Å². The molecule has 12 nitrogen and oxygen atoms in total. The third-order valence-electron chi connectivity index (χ3n) is 10.8. The SMILES string of the molecule is C=CCCCCCCCCCCCCCCCC(=O)OC[C@H](CO[C@H]1O[C@H](CS(=O)(=O)O)[C@@H](O)C(O)C1O)OC(=O)CCCCCCCCCCCCCCCC=C. The van der Waals surface area contributed by atoms with Gasteiger partial charge in [-0.15, -0.1) is 13.2 Å². The Hall–Kier alpha value is -1.87. The van der Waals surface area contributed by atoms with Crippen molar-refractivity contribution in [2.45, 2.75) is 229 Å². The molecule has 1 aliphatic heterocycles. The van der Waals surface area contributed by atoms with Crippen LogP contribution in [0, 0.1) is 0 Å². The quantitative estimate of drug-likeness (QED) is 0.0199. The summed E-state index contributed by atoms with van der Waals surface area (Å²) < 4.78 is 54.1. The normalized spacial score (nSPS) is 20.1. The second-order valence-electron chi connectivity index (χ2n) is 16.2. The molecular formula is C45H82O12S. The number of carbonyl (C=O) groups is 2. The molecule has 1 saturated heterocycles. The van der Waals surface area contributed by atoms with E-state index in [9.17, 15) is 37.9 Å². The second kappa shape index (κ2) is 35.8. The molecule has 13 heteroatoms. The molecule has 0 radical (unpaired) electrons. The lowest BCUT2D eigenvalue weighted by atomic mass is 10.00. The molecule has 0 aromatic heterocycles. The van der Waals surface area contributed by atoms with Gasteiger partial charge in [0.05, 0.1) is 6.61 Å². The van der Waals surface area contributed by atoms with Crippen LogP contribution in [0.4, 0.5) is 0 Å². The molecule has 1 rings (SSSR count). The highest BCUT2D eigenvalue weighted by molar-refractivity contribution is 7.85. The van der Waals surface area contributed by atoms with Crippen molar-refractivity contribution in [3.63, 3.8) is 0 Å². The van der Waals surface area contributed by atoms with Crippen LogP contribution in [-0.2, 0) is 38.7 Å². The Morgan fingerprint density at radius 3 is 1.33 bits per heavy atom. The summed E-state index contributed by atoms with van der Waals surface area (Å²) in [5.74, 6) is -1.98. The van der Waals surface area contributed by atoms with E-state index in [-0.39, 0.29) is 19.4 Å². The Morgan fingerprint density at radius 2 is 0.931 bits per heavy atom. The summed E-state index contributed by atoms with van der Waals surface area (Å²) in [6.45, 7) is 6.82. The van der Waals surface area contributed by atoms with Crippen LogP contribution in [0.5, 0.6) is 0 Å². The second-order valence-corrected chi connectivity index (χ2v) is 17.7. The monoisotopic (exact) mass is 847 g/mol. The largest absolute Gasteiger partial charge is 0.462 e. The average molecular weight is 847 g/mol. The molecule has 0 spiro atoms. The zero-order valence-corrected chi connectivity index (χ0v) is 36.6. The van der Waals surface area contributed by atoms with Crippen molar-refractivity contribution in [1.29, 1.82) is 0 Å². The van der Waals surface area contributed by atoms with Crippen molar-refractivity contribution in [2.75, 3.05) is 19.0 Å². The van der Waals surface area contributed by atoms with Crippen molar-refractivity contribution in [2.24, 2.45) is 0 Å². The first-order valence-corrected chi connectivity index (χ1v) is 24.4. The van der Waals surface area contributed by atoms with E-state index in [1.54, 1.807) is 0 Å². The summed E-state index contributed by atoms with van der Waals surface area (Å²) in [6, 6.07) is 0. The topological polar surface area (TPSA) is 186 Å². The Balaban J connectivity index is 2.42. The fourth-order valence-corrected chi connectivity index (χ4v) is 7.92. The van der Waals surface area contributed by atoms with Crippen LogP contribution in [0.25, 0.3) is 0 Å². The number of ether oxygens (including phenoxy) is 4. The van der Waals surface area contributed by atoms with Gasteiger partial charge in [-0.25, -0.2) is 0 Å². The molecule has 340 valence electrons. The summed E-state index contributed by atoms with van der Waals surface area (Å²) in [6.07, 6.45) is 27.2. The van der Waals surface area contributed by atoms with Gasteiger partial charge in [0.25, 0.3) is 10.1 Å². The first-order valence-electron chi connectivity index (χ1n) is 22.8. The summed E-state index contributed by atoms with van der Waals surface area (Å²) in [5.41, 5.74) is 0. The van der Waals surface area contributed by atoms with Crippen LogP contribution >= 0.6 is 0 Å². The van der Waals surface area contributed by atoms with Crippen molar-refractivity contribution in [3.8, 4) is 0 Å². The van der Waals surface area contributed by atoms with E-state index in [1.165, 1.54) is 116 Å². The zero-order chi connectivity index (χ0) is 42.7. The molecule has 2 unspecified atom stereocenters. The maximum atomic E-state index is 12.8. The zero-order valence-electron chi connectivity index (χ0n) is 35.8. The van der Waals surface area contributed by atoms with Crippen LogP contribution in [-0.4, -0.2) is 96.0 Å². The van der Waals surface area contributed by atoms with Crippen LogP contribution in [0.15, 0.2) is 25.3 Å². The van der Waals surface area contributed by atoms with E-state index >= 15 is 0 Å². The summed E-state index contributed by atoms with van der Waals surface area (Å²) in [4.78, 5) is 25.4. The van der Waals surface area contributed by atoms with Crippen LogP contribution in [0.2, 0.25) is 0 Å². The summed E-state index contributed by atoms with van der Waals surface area (Å²) in [7, 11) is -4.60. The number of hydrogen-bond donors (Lipinski definition) is 4. The third-order valence-corrected chi connectivity index (χ3v) is 11.5. The lowest BCUT2D eigenvalue weighted by Crippen LogP contribution is -2.60. The standard InChI is InChI=1S/C45H82O12S/c1-3-5-7-9-11-13-15-17-19-21-23-25-27-29-31-33-40(46)54-35-38(36-55-45-44(50)43(49)42(48)39(57-45)37-58(51,52)53)56-41(47)34-32-30-28-26-24-22-20-18-16-14-12-10-8-6-4-2/h3-4,38-39,42-45,48-50H,1-2,5-37H2,(H,51,52,53)/t38-,39-,42-,43?,44?,45+/m1/s1. The number of unbranched alkanes of at least 4 members (excludes halogenated alkanes) is 26. The molecule has 1 fully saturated rings. The van der Waals surface area contributed by atoms with Crippen molar-refractivity contribution < 1.29 is 56.8 Å². The van der Waals surface area contributed by atoms with E-state index in [4.69, 9.17) is 18.9 Å². The maximum Gasteiger partial charge on any atom is 0.306 e. The minimum absolute atomic E-state index is 0.164. The van der Waals surface area contributed by atoms with E-state index in [0.29, 0.717) is 12.8 Å². The smallest absolute Gasteiger partial charge is 0.306 e. The predicted octanol–water partition coefficient (Wildman–Crippen LogP) is 9.23. The molecule has 0 amide bonds. The molecular weight excluding hydrogens is 765 g/mol. The molecule has 0 aromatic rings. The van der Waals surface area contributed by atoms with Crippen molar-refractivity contribution in [1.82, 2.24) is 0 Å². The van der Waals surface area contributed by atoms with Gasteiger partial charge in [0.15, 0.2) is 12.4 Å². The van der Waals surface area contributed by atoms with Crippen LogP contribution in [0.3, 0.4) is 0 Å². The first-order chi connectivity index (χ1) is 28.0. The highest BCUT2D eigenvalue weighted by Gasteiger charge is 2.46. The van der Waals surface area contributed by atoms with Gasteiger partial charge in [0.1, 0.15) is 36.8 Å². The predicted molar refractivity (Wildman–Crippen MR) is 229 cm³/mol. The molecule has 4 N–H and O–H groups in total. The molecule has 1 heterocycles. The molecule has 6 atom stereocenters. The number of rotatable bonds is 40. The Kier molecular flexibility index (Phi) is 33.5. The molecule has 0 aliphatic carbocycles. The molecule has 0 bridgehead atoms. The van der Waals surface area contributed by atoms with Gasteiger partial charge in [-0.1, -0.05) is 153 Å². The molecule has 58 heavy (non-hydrogen) atoms. The van der Waals surface area contributed by atoms with E-state index < -0.39 is 71.2 Å². The minimum Gasteiger partial charge on any atom is -0.462 e. The first kappa shape index (κ1) is 54.1. The van der Waals surface area contributed by atoms with Gasteiger partial charge in [-0.2, -0.15) is 8.42 Å². The average Bonchev–Trinajstić information content (AvgIpc) is 3.18. The van der Waals surface area contributed by atoms with Gasteiger partial charge in [0.2, 0.25) is 0 Å². The number of carbonyl (C=O) groups excluding carboxylic acids is 2. The lowest BCUT2D eigenvalue weighted by molar-refractivity contribution is -0.297. The van der Waals surface area contributed by atoms with Gasteiger partial charge in [0, 0.05) is 12.8 Å². The van der Waals surface area contributed by atoms with Gasteiger partial charge < -0.3 is 34.3 Å².